The van der Waals surface area contributed by atoms with E-state index in [1.165, 1.54) is 0 Å². The van der Waals surface area contributed by atoms with Gasteiger partial charge in [-0.25, -0.2) is 0 Å². The van der Waals surface area contributed by atoms with E-state index in [0.29, 0.717) is 13.0 Å². The average Bonchev–Trinajstić information content (AvgIpc) is 2.64. The van der Waals surface area contributed by atoms with Crippen molar-refractivity contribution in [3.05, 3.63) is 0 Å². The average molecular weight is 184 g/mol. The van der Waals surface area contributed by atoms with Gasteiger partial charge < -0.3 is 14.9 Å². The maximum Gasteiger partial charge on any atom is 0.309 e. The van der Waals surface area contributed by atoms with Crippen molar-refractivity contribution in [1.82, 2.24) is 0 Å². The highest BCUT2D eigenvalue weighted by atomic mass is 16.5. The number of aliphatic hydroxyl groups is 2. The summed E-state index contributed by atoms with van der Waals surface area (Å²) in [6.45, 7) is 0.388. The van der Waals surface area contributed by atoms with Crippen LogP contribution in [-0.4, -0.2) is 35.0 Å². The molecule has 2 bridgehead atoms. The summed E-state index contributed by atoms with van der Waals surface area (Å²) >= 11 is 0. The smallest absolute Gasteiger partial charge is 0.309 e. The fourth-order valence-electron chi connectivity index (χ4n) is 3.38. The Labute approximate surface area is 75.5 Å². The van der Waals surface area contributed by atoms with Crippen LogP contribution in [0.2, 0.25) is 0 Å². The maximum atomic E-state index is 11.3. The zero-order valence-corrected chi connectivity index (χ0v) is 7.09. The molecular formula is C9H12O4. The molecule has 0 spiro atoms. The van der Waals surface area contributed by atoms with E-state index in [1.807, 2.05) is 0 Å². The van der Waals surface area contributed by atoms with Crippen LogP contribution >= 0.6 is 0 Å². The Morgan fingerprint density at radius 1 is 1.31 bits per heavy atom. The summed E-state index contributed by atoms with van der Waals surface area (Å²) in [6, 6.07) is 0. The van der Waals surface area contributed by atoms with Crippen molar-refractivity contribution in [1.29, 1.82) is 0 Å². The maximum absolute atomic E-state index is 11.3. The summed E-state index contributed by atoms with van der Waals surface area (Å²) in [4.78, 5) is 11.3. The predicted octanol–water partition coefficient (Wildman–Crippen LogP) is -0.853. The quantitative estimate of drug-likeness (QED) is 0.481. The standard InChI is InChI=1S/C9H12O4/c10-5-1-3-6-4(2-13-9(6)12)7(5)8(3)11/h3-8,10-11H,1-2H2/t3-,4-,5-,6+,7+,8+/m1/s1. The molecule has 4 nitrogen and oxygen atoms in total. The number of fused-ring (bicyclic) bond motifs is 5. The number of cyclic esters (lactones) is 1. The summed E-state index contributed by atoms with van der Waals surface area (Å²) in [5, 5.41) is 19.4. The van der Waals surface area contributed by atoms with Crippen molar-refractivity contribution in [2.45, 2.75) is 18.6 Å². The van der Waals surface area contributed by atoms with Crippen LogP contribution in [0.25, 0.3) is 0 Å². The number of aliphatic hydroxyl groups excluding tert-OH is 2. The lowest BCUT2D eigenvalue weighted by Gasteiger charge is -2.23. The van der Waals surface area contributed by atoms with Gasteiger partial charge in [0.2, 0.25) is 0 Å². The second-order valence-corrected chi connectivity index (χ2v) is 4.35. The van der Waals surface area contributed by atoms with E-state index in [9.17, 15) is 15.0 Å². The molecule has 3 rings (SSSR count). The lowest BCUT2D eigenvalue weighted by molar-refractivity contribution is -0.143. The van der Waals surface area contributed by atoms with Crippen LogP contribution < -0.4 is 0 Å². The van der Waals surface area contributed by atoms with Gasteiger partial charge >= 0.3 is 5.97 Å². The Balaban J connectivity index is 1.98. The molecule has 3 fully saturated rings. The molecule has 6 atom stereocenters. The highest BCUT2D eigenvalue weighted by molar-refractivity contribution is 5.76. The SMILES string of the molecule is O=C1OC[C@@H]2[C@@H]1[C@H]1C[C@@H](O)[C@H]2[C@H]1O. The number of esters is 1. The Hall–Kier alpha value is -0.610. The fraction of sp³-hybridized carbons (Fsp3) is 0.889. The van der Waals surface area contributed by atoms with Crippen molar-refractivity contribution >= 4 is 5.97 Å². The summed E-state index contributed by atoms with van der Waals surface area (Å²) in [5.74, 6) is -0.426. The normalized spacial score (nSPS) is 58.2. The number of ether oxygens (including phenoxy) is 1. The molecule has 0 aromatic rings. The number of carbonyl (C=O) groups excluding carboxylic acids is 1. The second-order valence-electron chi connectivity index (χ2n) is 4.35. The van der Waals surface area contributed by atoms with Gasteiger partial charge in [-0.1, -0.05) is 0 Å². The molecule has 72 valence electrons. The van der Waals surface area contributed by atoms with Gasteiger partial charge in [0.1, 0.15) is 0 Å². The zero-order valence-electron chi connectivity index (χ0n) is 7.09. The minimum absolute atomic E-state index is 0.0556. The lowest BCUT2D eigenvalue weighted by Crippen LogP contribution is -2.31. The van der Waals surface area contributed by atoms with E-state index in [0.717, 1.165) is 0 Å². The lowest BCUT2D eigenvalue weighted by atomic mass is 9.80. The van der Waals surface area contributed by atoms with Crippen molar-refractivity contribution < 1.29 is 19.7 Å². The molecular weight excluding hydrogens is 172 g/mol. The summed E-state index contributed by atoms with van der Waals surface area (Å²) in [5.41, 5.74) is 0. The molecule has 1 aliphatic heterocycles. The topological polar surface area (TPSA) is 66.8 Å². The number of rotatable bonds is 0. The molecule has 0 aromatic heterocycles. The Morgan fingerprint density at radius 2 is 2.08 bits per heavy atom. The molecule has 0 aromatic carbocycles. The van der Waals surface area contributed by atoms with Crippen LogP contribution in [0.4, 0.5) is 0 Å². The largest absolute Gasteiger partial charge is 0.465 e. The van der Waals surface area contributed by atoms with Gasteiger partial charge in [0, 0.05) is 17.8 Å². The number of carbonyl (C=O) groups is 1. The van der Waals surface area contributed by atoms with Crippen LogP contribution in [0, 0.1) is 23.7 Å². The number of hydrogen-bond donors (Lipinski definition) is 2. The number of hydrogen-bond acceptors (Lipinski definition) is 4. The fourth-order valence-corrected chi connectivity index (χ4v) is 3.38. The molecule has 2 aliphatic carbocycles. The minimum atomic E-state index is -0.488. The van der Waals surface area contributed by atoms with E-state index in [-0.39, 0.29) is 29.6 Å². The van der Waals surface area contributed by atoms with Gasteiger partial charge in [-0.3, -0.25) is 4.79 Å². The van der Waals surface area contributed by atoms with Crippen LogP contribution in [0.15, 0.2) is 0 Å². The van der Waals surface area contributed by atoms with Crippen molar-refractivity contribution in [3.63, 3.8) is 0 Å². The van der Waals surface area contributed by atoms with Crippen molar-refractivity contribution in [2.24, 2.45) is 23.7 Å². The third-order valence-corrected chi connectivity index (χ3v) is 3.90. The van der Waals surface area contributed by atoms with Crippen LogP contribution in [-0.2, 0) is 9.53 Å². The van der Waals surface area contributed by atoms with Gasteiger partial charge in [-0.05, 0) is 6.42 Å². The zero-order chi connectivity index (χ0) is 9.16. The molecule has 0 unspecified atom stereocenters. The molecule has 0 amide bonds. The van der Waals surface area contributed by atoms with Gasteiger partial charge in [-0.15, -0.1) is 0 Å². The van der Waals surface area contributed by atoms with Crippen molar-refractivity contribution in [3.8, 4) is 0 Å². The van der Waals surface area contributed by atoms with Gasteiger partial charge in [-0.2, -0.15) is 0 Å². The first kappa shape index (κ1) is 7.76. The second kappa shape index (κ2) is 2.25. The van der Waals surface area contributed by atoms with Gasteiger partial charge in [0.05, 0.1) is 24.7 Å². The molecule has 4 heteroatoms. The van der Waals surface area contributed by atoms with Crippen LogP contribution in [0.5, 0.6) is 0 Å². The molecule has 13 heavy (non-hydrogen) atoms. The van der Waals surface area contributed by atoms with Crippen LogP contribution in [0.3, 0.4) is 0 Å². The first-order valence-electron chi connectivity index (χ1n) is 4.73. The van der Waals surface area contributed by atoms with E-state index < -0.39 is 12.2 Å². The minimum Gasteiger partial charge on any atom is -0.465 e. The Kier molecular flexibility index (Phi) is 1.34. The summed E-state index contributed by atoms with van der Waals surface area (Å²) < 4.78 is 4.94. The highest BCUT2D eigenvalue weighted by Crippen LogP contribution is 2.55. The van der Waals surface area contributed by atoms with Crippen molar-refractivity contribution in [2.75, 3.05) is 6.61 Å². The summed E-state index contributed by atoms with van der Waals surface area (Å²) in [6.07, 6.45) is -0.365. The van der Waals surface area contributed by atoms with E-state index in [4.69, 9.17) is 4.74 Å². The van der Waals surface area contributed by atoms with Gasteiger partial charge in [0.15, 0.2) is 0 Å². The molecule has 1 heterocycles. The first-order valence-corrected chi connectivity index (χ1v) is 4.73. The summed E-state index contributed by atoms with van der Waals surface area (Å²) in [7, 11) is 0. The Morgan fingerprint density at radius 3 is 2.85 bits per heavy atom. The highest BCUT2D eigenvalue weighted by Gasteiger charge is 2.63. The first-order chi connectivity index (χ1) is 6.20. The predicted molar refractivity (Wildman–Crippen MR) is 41.5 cm³/mol. The molecule has 2 N–H and O–H groups in total. The van der Waals surface area contributed by atoms with Crippen LogP contribution in [0.1, 0.15) is 6.42 Å². The van der Waals surface area contributed by atoms with E-state index in [1.54, 1.807) is 0 Å². The molecule has 2 saturated carbocycles. The molecule has 3 aliphatic rings. The van der Waals surface area contributed by atoms with E-state index in [2.05, 4.69) is 0 Å². The Bertz CT molecular complexity index is 262. The van der Waals surface area contributed by atoms with E-state index >= 15 is 0 Å². The molecule has 1 saturated heterocycles. The third kappa shape index (κ3) is 0.758. The monoisotopic (exact) mass is 184 g/mol. The molecule has 0 radical (unpaired) electrons. The third-order valence-electron chi connectivity index (χ3n) is 3.90. The van der Waals surface area contributed by atoms with Gasteiger partial charge in [0.25, 0.3) is 0 Å².